The smallest absolute Gasteiger partial charge is 0.0953 e. The van der Waals surface area contributed by atoms with Crippen LogP contribution in [0.2, 0.25) is 0 Å². The molecule has 0 spiro atoms. The van der Waals surface area contributed by atoms with Crippen LogP contribution < -0.4 is 0 Å². The quantitative estimate of drug-likeness (QED) is 0.665. The van der Waals surface area contributed by atoms with Crippen molar-refractivity contribution in [3.8, 4) is 0 Å². The first-order valence-electron chi connectivity index (χ1n) is 5.37. The molecule has 0 N–H and O–H groups in total. The molecule has 0 saturated carbocycles. The van der Waals surface area contributed by atoms with Gasteiger partial charge in [-0.2, -0.15) is 0 Å². The second-order valence-electron chi connectivity index (χ2n) is 4.48. The van der Waals surface area contributed by atoms with E-state index in [9.17, 15) is 0 Å². The van der Waals surface area contributed by atoms with Crippen LogP contribution in [-0.2, 0) is 5.41 Å². The standard InChI is InChI=1S/C10H17NS.C2H6/c1-7(2)9-11-8(6-12-9)10(3,4)5;1-2/h6-7H,1-5H3;1-2H3. The maximum Gasteiger partial charge on any atom is 0.0953 e. The zero-order valence-corrected chi connectivity index (χ0v) is 11.3. The maximum atomic E-state index is 4.60. The van der Waals surface area contributed by atoms with Gasteiger partial charge in [-0.15, -0.1) is 11.3 Å². The van der Waals surface area contributed by atoms with Crippen molar-refractivity contribution in [1.29, 1.82) is 0 Å². The monoisotopic (exact) mass is 213 g/mol. The van der Waals surface area contributed by atoms with Crippen molar-refractivity contribution in [3.63, 3.8) is 0 Å². The Morgan fingerprint density at radius 3 is 1.93 bits per heavy atom. The van der Waals surface area contributed by atoms with Crippen LogP contribution >= 0.6 is 11.3 Å². The Bertz CT molecular complexity index is 256. The summed E-state index contributed by atoms with van der Waals surface area (Å²) in [4.78, 5) is 4.60. The van der Waals surface area contributed by atoms with Crippen molar-refractivity contribution in [2.45, 2.75) is 59.8 Å². The van der Waals surface area contributed by atoms with E-state index in [1.54, 1.807) is 11.3 Å². The lowest BCUT2D eigenvalue weighted by Crippen LogP contribution is -2.11. The molecule has 0 aliphatic rings. The molecule has 0 radical (unpaired) electrons. The van der Waals surface area contributed by atoms with E-state index in [-0.39, 0.29) is 5.41 Å². The van der Waals surface area contributed by atoms with E-state index in [0.717, 1.165) is 0 Å². The predicted molar refractivity (Wildman–Crippen MR) is 66.3 cm³/mol. The Morgan fingerprint density at radius 1 is 1.21 bits per heavy atom. The third-order valence-corrected chi connectivity index (χ3v) is 2.93. The summed E-state index contributed by atoms with van der Waals surface area (Å²) in [6.07, 6.45) is 0. The van der Waals surface area contributed by atoms with Gasteiger partial charge in [-0.3, -0.25) is 0 Å². The summed E-state index contributed by atoms with van der Waals surface area (Å²) >= 11 is 1.77. The summed E-state index contributed by atoms with van der Waals surface area (Å²) < 4.78 is 0. The van der Waals surface area contributed by atoms with Gasteiger partial charge in [0.1, 0.15) is 0 Å². The molecule has 0 amide bonds. The van der Waals surface area contributed by atoms with Crippen LogP contribution in [0.4, 0.5) is 0 Å². The normalized spacial score (nSPS) is 11.1. The number of nitrogens with zero attached hydrogens (tertiary/aromatic N) is 1. The molecule has 1 aromatic rings. The summed E-state index contributed by atoms with van der Waals surface area (Å²) in [5, 5.41) is 3.43. The molecule has 0 aliphatic heterocycles. The Hall–Kier alpha value is -0.370. The van der Waals surface area contributed by atoms with E-state index >= 15 is 0 Å². The fraction of sp³-hybridized carbons (Fsp3) is 0.750. The summed E-state index contributed by atoms with van der Waals surface area (Å²) in [5.74, 6) is 0.561. The van der Waals surface area contributed by atoms with Crippen LogP contribution in [-0.4, -0.2) is 4.98 Å². The number of aromatic nitrogens is 1. The molecule has 1 heterocycles. The second-order valence-corrected chi connectivity index (χ2v) is 5.37. The highest BCUT2D eigenvalue weighted by molar-refractivity contribution is 7.09. The molecule has 0 fully saturated rings. The number of hydrogen-bond donors (Lipinski definition) is 0. The molecule has 0 unspecified atom stereocenters. The largest absolute Gasteiger partial charge is 0.245 e. The van der Waals surface area contributed by atoms with Gasteiger partial charge >= 0.3 is 0 Å². The molecule has 1 rings (SSSR count). The first kappa shape index (κ1) is 13.6. The van der Waals surface area contributed by atoms with Gasteiger partial charge in [0, 0.05) is 16.7 Å². The van der Waals surface area contributed by atoms with Gasteiger partial charge < -0.3 is 0 Å². The first-order chi connectivity index (χ1) is 6.41. The molecule has 0 atom stereocenters. The van der Waals surface area contributed by atoms with Crippen LogP contribution in [0, 0.1) is 0 Å². The topological polar surface area (TPSA) is 12.9 Å². The van der Waals surface area contributed by atoms with Crippen molar-refractivity contribution in [3.05, 3.63) is 16.1 Å². The average Bonchev–Trinajstić information content (AvgIpc) is 2.54. The van der Waals surface area contributed by atoms with Crippen molar-refractivity contribution in [1.82, 2.24) is 4.98 Å². The summed E-state index contributed by atoms with van der Waals surface area (Å²) in [7, 11) is 0. The molecule has 1 nitrogen and oxygen atoms in total. The fourth-order valence-electron chi connectivity index (χ4n) is 0.897. The van der Waals surface area contributed by atoms with E-state index in [4.69, 9.17) is 0 Å². The van der Waals surface area contributed by atoms with E-state index in [0.29, 0.717) is 5.92 Å². The fourth-order valence-corrected chi connectivity index (χ4v) is 1.96. The van der Waals surface area contributed by atoms with Crippen molar-refractivity contribution in [2.75, 3.05) is 0 Å². The molecule has 0 bridgehead atoms. The molecule has 2 heteroatoms. The Labute approximate surface area is 92.6 Å². The minimum atomic E-state index is 0.198. The third kappa shape index (κ3) is 3.79. The first-order valence-corrected chi connectivity index (χ1v) is 6.25. The SMILES string of the molecule is CC.CC(C)c1nc(C(C)(C)C)cs1. The molecule has 0 aliphatic carbocycles. The van der Waals surface area contributed by atoms with Gasteiger partial charge in [-0.05, 0) is 0 Å². The Kier molecular flexibility index (Phi) is 5.35. The van der Waals surface area contributed by atoms with Gasteiger partial charge in [0.2, 0.25) is 0 Å². The van der Waals surface area contributed by atoms with Crippen LogP contribution in [0.3, 0.4) is 0 Å². The highest BCUT2D eigenvalue weighted by Crippen LogP contribution is 2.27. The lowest BCUT2D eigenvalue weighted by molar-refractivity contribution is 0.569. The average molecular weight is 213 g/mol. The highest BCUT2D eigenvalue weighted by Gasteiger charge is 2.17. The zero-order valence-electron chi connectivity index (χ0n) is 10.5. The molecular weight excluding hydrogens is 190 g/mol. The summed E-state index contributed by atoms with van der Waals surface area (Å²) in [6.45, 7) is 15.0. The van der Waals surface area contributed by atoms with Crippen LogP contribution in [0.25, 0.3) is 0 Å². The Morgan fingerprint density at radius 2 is 1.71 bits per heavy atom. The van der Waals surface area contributed by atoms with Crippen molar-refractivity contribution < 1.29 is 0 Å². The van der Waals surface area contributed by atoms with E-state index in [2.05, 4.69) is 45.0 Å². The number of hydrogen-bond acceptors (Lipinski definition) is 2. The molecule has 1 aromatic heterocycles. The summed E-state index contributed by atoms with van der Waals surface area (Å²) in [5.41, 5.74) is 1.42. The van der Waals surface area contributed by atoms with E-state index in [1.165, 1.54) is 10.7 Å². The van der Waals surface area contributed by atoms with E-state index in [1.807, 2.05) is 13.8 Å². The van der Waals surface area contributed by atoms with Crippen LogP contribution in [0.15, 0.2) is 5.38 Å². The molecule has 0 saturated heterocycles. The van der Waals surface area contributed by atoms with Gasteiger partial charge in [0.15, 0.2) is 0 Å². The number of rotatable bonds is 1. The highest BCUT2D eigenvalue weighted by atomic mass is 32.1. The third-order valence-electron chi connectivity index (χ3n) is 1.78. The lowest BCUT2D eigenvalue weighted by atomic mass is 9.93. The zero-order chi connectivity index (χ0) is 11.4. The van der Waals surface area contributed by atoms with Gasteiger partial charge in [0.05, 0.1) is 10.7 Å². The molecule has 14 heavy (non-hydrogen) atoms. The predicted octanol–water partition coefficient (Wildman–Crippen LogP) is 4.59. The number of thiazole rings is 1. The maximum absolute atomic E-state index is 4.60. The molecular formula is C12H23NS. The van der Waals surface area contributed by atoms with Crippen LogP contribution in [0.5, 0.6) is 0 Å². The molecule has 0 aromatic carbocycles. The van der Waals surface area contributed by atoms with Gasteiger partial charge in [-0.1, -0.05) is 48.5 Å². The van der Waals surface area contributed by atoms with E-state index < -0.39 is 0 Å². The summed E-state index contributed by atoms with van der Waals surface area (Å²) in [6, 6.07) is 0. The van der Waals surface area contributed by atoms with Crippen molar-refractivity contribution >= 4 is 11.3 Å². The van der Waals surface area contributed by atoms with Gasteiger partial charge in [-0.25, -0.2) is 4.98 Å². The van der Waals surface area contributed by atoms with Crippen LogP contribution in [0.1, 0.15) is 65.1 Å². The molecule has 82 valence electrons. The minimum absolute atomic E-state index is 0.198. The second kappa shape index (κ2) is 5.50. The lowest BCUT2D eigenvalue weighted by Gasteiger charge is -2.14. The Balaban J connectivity index is 0.000000791. The minimum Gasteiger partial charge on any atom is -0.245 e. The van der Waals surface area contributed by atoms with Crippen molar-refractivity contribution in [2.24, 2.45) is 0 Å². The van der Waals surface area contributed by atoms with Gasteiger partial charge in [0.25, 0.3) is 0 Å².